The van der Waals surface area contributed by atoms with Crippen LogP contribution in [-0.4, -0.2) is 84.0 Å². The van der Waals surface area contributed by atoms with Gasteiger partial charge in [-0.25, -0.2) is 0 Å². The minimum atomic E-state index is -0.472. The molecule has 0 radical (unpaired) electrons. The highest BCUT2D eigenvalue weighted by atomic mass is 16.5. The summed E-state index contributed by atoms with van der Waals surface area (Å²) in [5.41, 5.74) is 13.1. The molecule has 342 valence electrons. The lowest BCUT2D eigenvalue weighted by molar-refractivity contribution is -0.136. The highest BCUT2D eigenvalue weighted by molar-refractivity contribution is 5.95. The molecule has 4 aromatic rings. The maximum Gasteiger partial charge on any atom is 0.293 e. The van der Waals surface area contributed by atoms with Crippen LogP contribution in [0.25, 0.3) is 33.3 Å². The summed E-state index contributed by atoms with van der Waals surface area (Å²) in [5, 5.41) is 15.0. The van der Waals surface area contributed by atoms with Crippen LogP contribution in [0.4, 0.5) is 0 Å². The van der Waals surface area contributed by atoms with Gasteiger partial charge in [0.15, 0.2) is 0 Å². The molecule has 2 unspecified atom stereocenters. The quantitative estimate of drug-likeness (QED) is 0.0268. The number of aromatic nitrogens is 2. The molecule has 0 spiro atoms. The first-order valence-corrected chi connectivity index (χ1v) is 21.7. The van der Waals surface area contributed by atoms with E-state index in [1.807, 2.05) is 25.1 Å². The Morgan fingerprint density at radius 2 is 1.74 bits per heavy atom. The molecule has 1 aliphatic rings. The zero-order chi connectivity index (χ0) is 46.2. The predicted molar refractivity (Wildman–Crippen MR) is 248 cm³/mol. The standard InChI is InChI=1S/C36H44N2O5.C9H17N3O2.C3H8.H4N2/c1-5-38-34-15-14-27(28-18-26(19-29(41)20-28)12-9-7-6-8-10-17-39)21-31(34)32(22-36(2,3)24-43-25-40)35(38)30-13-11-16-37-33(30)23-42-4;1-6-3-7(4-11-6)9(14)12(2)5-8(10)13;1-3-2;1-2/h11,13-21,25,41H,5-10,12,22-24H2,1-4H3;6-7,11H,3-5H2,1-2H3,(H2,10,13);3H2,1-2H3;1-2H2. The second-order valence-corrected chi connectivity index (χ2v) is 16.6. The molecular formula is C48H73N7O7. The normalized spacial score (nSPS) is 14.4. The van der Waals surface area contributed by atoms with Crippen molar-refractivity contribution in [3.05, 3.63) is 71.5 Å². The molecule has 0 aliphatic carbocycles. The summed E-state index contributed by atoms with van der Waals surface area (Å²) in [6.07, 6.45) is 11.1. The molecule has 1 saturated heterocycles. The van der Waals surface area contributed by atoms with Gasteiger partial charge in [0, 0.05) is 67.8 Å². The van der Waals surface area contributed by atoms with Gasteiger partial charge in [0.2, 0.25) is 11.8 Å². The lowest BCUT2D eigenvalue weighted by Gasteiger charge is -2.24. The maximum atomic E-state index is 11.7. The van der Waals surface area contributed by atoms with Gasteiger partial charge in [-0.15, -0.1) is 0 Å². The van der Waals surface area contributed by atoms with Gasteiger partial charge < -0.3 is 39.9 Å². The number of likely N-dealkylation sites (N-methyl/N-ethyl adjacent to an activating group) is 1. The van der Waals surface area contributed by atoms with Crippen LogP contribution in [0.15, 0.2) is 54.7 Å². The van der Waals surface area contributed by atoms with Crippen LogP contribution in [0, 0.1) is 11.3 Å². The monoisotopic (exact) mass is 860 g/mol. The number of carbonyl (C=O) groups is 4. The van der Waals surface area contributed by atoms with Gasteiger partial charge in [0.05, 0.1) is 37.1 Å². The van der Waals surface area contributed by atoms with Crippen LogP contribution in [0.1, 0.15) is 103 Å². The summed E-state index contributed by atoms with van der Waals surface area (Å²) < 4.78 is 13.1. The van der Waals surface area contributed by atoms with E-state index in [0.29, 0.717) is 45.1 Å². The summed E-state index contributed by atoms with van der Waals surface area (Å²) in [6.45, 7) is 15.3. The molecule has 1 fully saturated rings. The van der Waals surface area contributed by atoms with Crippen molar-refractivity contribution >= 4 is 35.5 Å². The van der Waals surface area contributed by atoms with E-state index in [1.54, 1.807) is 20.4 Å². The maximum absolute atomic E-state index is 11.7. The fourth-order valence-corrected chi connectivity index (χ4v) is 7.76. The number of carbonyl (C=O) groups excluding carboxylic acids is 4. The van der Waals surface area contributed by atoms with Crippen LogP contribution in [-0.2, 0) is 54.6 Å². The number of hydrogen-bond donors (Lipinski definition) is 5. The number of aryl methyl sites for hydroxylation is 2. The average Bonchev–Trinajstić information content (AvgIpc) is 3.82. The van der Waals surface area contributed by atoms with Crippen molar-refractivity contribution in [1.82, 2.24) is 19.8 Å². The molecule has 2 atom stereocenters. The van der Waals surface area contributed by atoms with Crippen LogP contribution < -0.4 is 22.7 Å². The highest BCUT2D eigenvalue weighted by Crippen LogP contribution is 2.41. The number of phenolic OH excluding ortho intramolecular Hbond substituents is 1. The number of nitrogens with zero attached hydrogens (tertiary/aromatic N) is 3. The molecule has 14 nitrogen and oxygen atoms in total. The molecule has 14 heteroatoms. The fraction of sp³-hybridized carbons (Fsp3) is 0.521. The first-order valence-electron chi connectivity index (χ1n) is 21.7. The Morgan fingerprint density at radius 1 is 1.03 bits per heavy atom. The number of amides is 2. The molecule has 3 heterocycles. The van der Waals surface area contributed by atoms with E-state index in [-0.39, 0.29) is 29.5 Å². The van der Waals surface area contributed by atoms with Crippen LogP contribution in [0.2, 0.25) is 0 Å². The molecule has 0 saturated carbocycles. The van der Waals surface area contributed by atoms with E-state index in [4.69, 9.17) is 15.2 Å². The van der Waals surface area contributed by atoms with Gasteiger partial charge in [-0.1, -0.05) is 59.1 Å². The number of ether oxygens (including phenoxy) is 2. The van der Waals surface area contributed by atoms with Gasteiger partial charge in [-0.05, 0) is 105 Å². The minimum absolute atomic E-state index is 0.000602. The number of nitrogens with one attached hydrogen (secondary N) is 1. The molecule has 5 rings (SSSR count). The lowest BCUT2D eigenvalue weighted by Crippen LogP contribution is -2.39. The summed E-state index contributed by atoms with van der Waals surface area (Å²) in [4.78, 5) is 50.0. The second-order valence-electron chi connectivity index (χ2n) is 16.6. The third-order valence-electron chi connectivity index (χ3n) is 10.4. The molecule has 2 amide bonds. The largest absolute Gasteiger partial charge is 0.508 e. The highest BCUT2D eigenvalue weighted by Gasteiger charge is 2.30. The number of unbranched alkanes of at least 4 members (excludes halogenated alkanes) is 4. The number of nitrogens with two attached hydrogens (primary N) is 3. The molecule has 0 bridgehead atoms. The number of hydrogen-bond acceptors (Lipinski definition) is 11. The summed E-state index contributed by atoms with van der Waals surface area (Å²) in [6, 6.07) is 16.8. The number of phenols is 1. The molecule has 8 N–H and O–H groups in total. The number of benzene rings is 2. The predicted octanol–water partition coefficient (Wildman–Crippen LogP) is 6.84. The SMILES string of the molecule is CC1CC(C(=O)N(C)CC(N)=O)CN1.CCC.CCn1c(-c2cccnc2COC)c(CC(C)(C)COC=O)c2cc(-c3cc(O)cc(CCCCCCC=O)c3)ccc21.NN. The Hall–Kier alpha value is -5.15. The van der Waals surface area contributed by atoms with E-state index in [2.05, 4.69) is 91.5 Å². The van der Waals surface area contributed by atoms with Crippen molar-refractivity contribution < 1.29 is 33.8 Å². The van der Waals surface area contributed by atoms with E-state index in [1.165, 1.54) is 16.9 Å². The number of aldehydes is 1. The van der Waals surface area contributed by atoms with Crippen LogP contribution in [0.3, 0.4) is 0 Å². The third kappa shape index (κ3) is 16.3. The van der Waals surface area contributed by atoms with Crippen molar-refractivity contribution in [2.24, 2.45) is 28.8 Å². The van der Waals surface area contributed by atoms with E-state index in [9.17, 15) is 24.3 Å². The smallest absolute Gasteiger partial charge is 0.293 e. The number of methoxy groups -OCH3 is 1. The van der Waals surface area contributed by atoms with E-state index < -0.39 is 5.91 Å². The Bertz CT molecular complexity index is 2000. The number of pyridine rings is 1. The third-order valence-corrected chi connectivity index (χ3v) is 10.4. The number of rotatable bonds is 20. The summed E-state index contributed by atoms with van der Waals surface area (Å²) in [5.74, 6) is 7.78. The number of primary amides is 1. The first-order chi connectivity index (χ1) is 29.7. The number of fused-ring (bicyclic) bond motifs is 1. The van der Waals surface area contributed by atoms with Gasteiger partial charge in [0.1, 0.15) is 12.0 Å². The Kier molecular flexibility index (Phi) is 23.7. The Balaban J connectivity index is 0.000000580. The molecular weight excluding hydrogens is 787 g/mol. The zero-order valence-corrected chi connectivity index (χ0v) is 38.4. The van der Waals surface area contributed by atoms with Crippen molar-refractivity contribution in [3.8, 4) is 28.1 Å². The van der Waals surface area contributed by atoms with Gasteiger partial charge in [0.25, 0.3) is 6.47 Å². The van der Waals surface area contributed by atoms with Crippen LogP contribution >= 0.6 is 0 Å². The van der Waals surface area contributed by atoms with Crippen molar-refractivity contribution in [1.29, 1.82) is 0 Å². The average molecular weight is 860 g/mol. The Labute approximate surface area is 368 Å². The van der Waals surface area contributed by atoms with Gasteiger partial charge >= 0.3 is 0 Å². The Morgan fingerprint density at radius 3 is 2.35 bits per heavy atom. The zero-order valence-electron chi connectivity index (χ0n) is 38.4. The molecule has 2 aromatic heterocycles. The van der Waals surface area contributed by atoms with Gasteiger partial charge in [-0.2, -0.15) is 0 Å². The van der Waals surface area contributed by atoms with E-state index in [0.717, 1.165) is 95.9 Å². The van der Waals surface area contributed by atoms with Crippen molar-refractivity contribution in [2.75, 3.05) is 33.9 Å². The molecule has 1 aliphatic heterocycles. The second kappa shape index (κ2) is 27.7. The number of hydrazine groups is 1. The minimum Gasteiger partial charge on any atom is -0.508 e. The fourth-order valence-electron chi connectivity index (χ4n) is 7.76. The van der Waals surface area contributed by atoms with Crippen molar-refractivity contribution in [3.63, 3.8) is 0 Å². The van der Waals surface area contributed by atoms with Crippen molar-refractivity contribution in [2.45, 2.75) is 119 Å². The molecule has 2 aromatic carbocycles. The number of aromatic hydroxyl groups is 1. The van der Waals surface area contributed by atoms with E-state index >= 15 is 0 Å². The summed E-state index contributed by atoms with van der Waals surface area (Å²) >= 11 is 0. The molecule has 62 heavy (non-hydrogen) atoms. The van der Waals surface area contributed by atoms with Gasteiger partial charge in [-0.3, -0.25) is 31.1 Å². The topological polar surface area (TPSA) is 218 Å². The first kappa shape index (κ1) is 53.0. The summed E-state index contributed by atoms with van der Waals surface area (Å²) in [7, 11) is 3.29. The van der Waals surface area contributed by atoms with Crippen LogP contribution in [0.5, 0.6) is 5.75 Å². The lowest BCUT2D eigenvalue weighted by atomic mass is 9.84.